The smallest absolute Gasteiger partial charge is 0.228 e. The Morgan fingerprint density at radius 3 is 2.18 bits per heavy atom. The Labute approximate surface area is 157 Å². The maximum Gasteiger partial charge on any atom is 0.433 e. The first-order chi connectivity index (χ1) is 13.2. The summed E-state index contributed by atoms with van der Waals surface area (Å²) in [5.74, 6) is -1.64. The Kier molecular flexibility index (Phi) is 5.01. The van der Waals surface area contributed by atoms with Gasteiger partial charge in [-0.15, -0.1) is 0 Å². The van der Waals surface area contributed by atoms with Gasteiger partial charge in [-0.2, -0.15) is 23.5 Å². The summed E-state index contributed by atoms with van der Waals surface area (Å²) in [6.45, 7) is 1.46. The van der Waals surface area contributed by atoms with Crippen molar-refractivity contribution in [2.75, 3.05) is 0 Å². The van der Waals surface area contributed by atoms with Gasteiger partial charge >= 0.3 is 6.18 Å². The van der Waals surface area contributed by atoms with Gasteiger partial charge in [-0.3, -0.25) is 0 Å². The minimum absolute atomic E-state index is 0.0112. The standard InChI is InChI=1S/C20H12F5N3/c1-12-6-19(20(23,24)25)28(27-12)18-4-2-13(3-5-18)7-15(11-26)14-8-16(21)10-17(22)9-14/h2-10H,1H3. The van der Waals surface area contributed by atoms with Crippen LogP contribution in [0, 0.1) is 29.9 Å². The van der Waals surface area contributed by atoms with Gasteiger partial charge in [-0.1, -0.05) is 12.1 Å². The van der Waals surface area contributed by atoms with Gasteiger partial charge in [-0.05, 0) is 54.5 Å². The van der Waals surface area contributed by atoms with Gasteiger partial charge in [0, 0.05) is 6.07 Å². The molecule has 0 aliphatic heterocycles. The molecule has 0 saturated heterocycles. The fraction of sp³-hybridized carbons (Fsp3) is 0.100. The van der Waals surface area contributed by atoms with Crippen LogP contribution >= 0.6 is 0 Å². The topological polar surface area (TPSA) is 41.6 Å². The number of hydrogen-bond donors (Lipinski definition) is 0. The van der Waals surface area contributed by atoms with Crippen molar-refractivity contribution < 1.29 is 22.0 Å². The molecule has 28 heavy (non-hydrogen) atoms. The second kappa shape index (κ2) is 7.27. The molecule has 0 amide bonds. The lowest BCUT2D eigenvalue weighted by atomic mass is 10.0. The van der Waals surface area contributed by atoms with Crippen molar-refractivity contribution in [1.82, 2.24) is 9.78 Å². The Bertz CT molecular complexity index is 1070. The van der Waals surface area contributed by atoms with Crippen LogP contribution in [0.25, 0.3) is 17.3 Å². The van der Waals surface area contributed by atoms with E-state index in [0.29, 0.717) is 11.6 Å². The summed E-state index contributed by atoms with van der Waals surface area (Å²) in [7, 11) is 0. The normalized spacial score (nSPS) is 12.1. The zero-order chi connectivity index (χ0) is 20.5. The Morgan fingerprint density at radius 2 is 1.64 bits per heavy atom. The summed E-state index contributed by atoms with van der Waals surface area (Å²) < 4.78 is 66.9. The molecule has 3 rings (SSSR count). The number of aryl methyl sites for hydroxylation is 1. The first kappa shape index (κ1) is 19.3. The molecule has 1 aromatic heterocycles. The van der Waals surface area contributed by atoms with E-state index < -0.39 is 23.5 Å². The van der Waals surface area contributed by atoms with E-state index in [2.05, 4.69) is 5.10 Å². The third kappa shape index (κ3) is 4.09. The zero-order valence-electron chi connectivity index (χ0n) is 14.4. The number of benzene rings is 2. The summed E-state index contributed by atoms with van der Waals surface area (Å²) >= 11 is 0. The van der Waals surface area contributed by atoms with E-state index in [1.54, 1.807) is 0 Å². The minimum atomic E-state index is -4.56. The molecule has 142 valence electrons. The average molecular weight is 389 g/mol. The molecule has 0 saturated carbocycles. The lowest BCUT2D eigenvalue weighted by Gasteiger charge is -2.10. The monoisotopic (exact) mass is 389 g/mol. The van der Waals surface area contributed by atoms with Crippen LogP contribution in [0.4, 0.5) is 22.0 Å². The second-order valence-electron chi connectivity index (χ2n) is 6.00. The second-order valence-corrected chi connectivity index (χ2v) is 6.00. The molecule has 8 heteroatoms. The molecule has 2 aromatic carbocycles. The summed E-state index contributed by atoms with van der Waals surface area (Å²) in [5, 5.41) is 13.1. The van der Waals surface area contributed by atoms with Crippen molar-refractivity contribution in [3.8, 4) is 11.8 Å². The predicted molar refractivity (Wildman–Crippen MR) is 93.1 cm³/mol. The highest BCUT2D eigenvalue weighted by Gasteiger charge is 2.35. The zero-order valence-corrected chi connectivity index (χ0v) is 14.4. The van der Waals surface area contributed by atoms with Gasteiger partial charge in [-0.25, -0.2) is 13.5 Å². The maximum atomic E-state index is 13.4. The van der Waals surface area contributed by atoms with Crippen LogP contribution in [-0.2, 0) is 6.18 Å². The fourth-order valence-corrected chi connectivity index (χ4v) is 2.67. The quantitative estimate of drug-likeness (QED) is 0.335. The molecular weight excluding hydrogens is 377 g/mol. The van der Waals surface area contributed by atoms with Crippen molar-refractivity contribution in [2.24, 2.45) is 0 Å². The molecular formula is C20H12F5N3. The fourth-order valence-electron chi connectivity index (χ4n) is 2.67. The van der Waals surface area contributed by atoms with Crippen molar-refractivity contribution in [3.63, 3.8) is 0 Å². The lowest BCUT2D eigenvalue weighted by molar-refractivity contribution is -0.142. The molecule has 1 heterocycles. The molecule has 0 N–H and O–H groups in total. The number of aromatic nitrogens is 2. The van der Waals surface area contributed by atoms with E-state index in [4.69, 9.17) is 0 Å². The van der Waals surface area contributed by atoms with E-state index >= 15 is 0 Å². The van der Waals surface area contributed by atoms with Crippen LogP contribution in [0.1, 0.15) is 22.5 Å². The van der Waals surface area contributed by atoms with E-state index in [1.807, 2.05) is 6.07 Å². The molecule has 3 aromatic rings. The summed E-state index contributed by atoms with van der Waals surface area (Å²) in [4.78, 5) is 0. The summed E-state index contributed by atoms with van der Waals surface area (Å²) in [5.41, 5.74) is 0.0518. The van der Waals surface area contributed by atoms with E-state index in [9.17, 15) is 27.2 Å². The Morgan fingerprint density at radius 1 is 1.04 bits per heavy atom. The van der Waals surface area contributed by atoms with Gasteiger partial charge in [0.25, 0.3) is 0 Å². The molecule has 0 atom stereocenters. The average Bonchev–Trinajstić information content (AvgIpc) is 3.01. The van der Waals surface area contributed by atoms with Crippen LogP contribution in [0.2, 0.25) is 0 Å². The van der Waals surface area contributed by atoms with E-state index in [0.717, 1.165) is 22.9 Å². The minimum Gasteiger partial charge on any atom is -0.228 e. The number of allylic oxidation sites excluding steroid dienone is 1. The van der Waals surface area contributed by atoms with Gasteiger partial charge in [0.15, 0.2) is 0 Å². The lowest BCUT2D eigenvalue weighted by Crippen LogP contribution is -2.13. The third-order valence-corrected chi connectivity index (χ3v) is 3.86. The maximum absolute atomic E-state index is 13.4. The van der Waals surface area contributed by atoms with Crippen LogP contribution in [0.3, 0.4) is 0 Å². The van der Waals surface area contributed by atoms with Crippen molar-refractivity contribution in [3.05, 3.63) is 82.7 Å². The SMILES string of the molecule is Cc1cc(C(F)(F)F)n(-c2ccc(C=C(C#N)c3cc(F)cc(F)c3)cc2)n1. The number of alkyl halides is 3. The van der Waals surface area contributed by atoms with Crippen LogP contribution in [-0.4, -0.2) is 9.78 Å². The first-order valence-electron chi connectivity index (χ1n) is 8.00. The predicted octanol–water partition coefficient (Wildman–Crippen LogP) is 5.54. The first-order valence-corrected chi connectivity index (χ1v) is 8.00. The molecule has 0 unspecified atom stereocenters. The largest absolute Gasteiger partial charge is 0.433 e. The van der Waals surface area contributed by atoms with Crippen LogP contribution in [0.5, 0.6) is 0 Å². The Balaban J connectivity index is 1.97. The number of nitrogens with zero attached hydrogens (tertiary/aromatic N) is 3. The van der Waals surface area contributed by atoms with Crippen LogP contribution in [0.15, 0.2) is 48.5 Å². The van der Waals surface area contributed by atoms with E-state index in [1.165, 1.54) is 37.3 Å². The number of hydrogen-bond acceptors (Lipinski definition) is 2. The van der Waals surface area contributed by atoms with Crippen molar-refractivity contribution in [1.29, 1.82) is 5.26 Å². The van der Waals surface area contributed by atoms with Crippen molar-refractivity contribution >= 4 is 11.6 Å². The molecule has 3 nitrogen and oxygen atoms in total. The number of nitriles is 1. The van der Waals surface area contributed by atoms with Crippen molar-refractivity contribution in [2.45, 2.75) is 13.1 Å². The molecule has 0 radical (unpaired) electrons. The van der Waals surface area contributed by atoms with Crippen LogP contribution < -0.4 is 0 Å². The summed E-state index contributed by atoms with van der Waals surface area (Å²) in [6.07, 6.45) is -3.17. The number of halogens is 5. The summed E-state index contributed by atoms with van der Waals surface area (Å²) in [6, 6.07) is 11.3. The molecule has 0 fully saturated rings. The molecule has 0 aliphatic rings. The highest BCUT2D eigenvalue weighted by Crippen LogP contribution is 2.31. The molecule has 0 bridgehead atoms. The molecule has 0 spiro atoms. The van der Waals surface area contributed by atoms with Gasteiger partial charge in [0.05, 0.1) is 23.0 Å². The van der Waals surface area contributed by atoms with Gasteiger partial charge in [0.1, 0.15) is 17.3 Å². The Hall–Kier alpha value is -3.47. The highest BCUT2D eigenvalue weighted by molar-refractivity contribution is 5.89. The molecule has 0 aliphatic carbocycles. The van der Waals surface area contributed by atoms with Gasteiger partial charge < -0.3 is 0 Å². The number of rotatable bonds is 3. The third-order valence-electron chi connectivity index (χ3n) is 3.86. The highest BCUT2D eigenvalue weighted by atomic mass is 19.4. The van der Waals surface area contributed by atoms with E-state index in [-0.39, 0.29) is 22.5 Å². The van der Waals surface area contributed by atoms with Gasteiger partial charge in [0.2, 0.25) is 0 Å².